The number of nitrogens with zero attached hydrogens (tertiary/aromatic N) is 1. The summed E-state index contributed by atoms with van der Waals surface area (Å²) in [6.45, 7) is 0. The van der Waals surface area contributed by atoms with Gasteiger partial charge in [-0.15, -0.1) is 0 Å². The van der Waals surface area contributed by atoms with Crippen LogP contribution in [0.15, 0.2) is 78.9 Å². The first kappa shape index (κ1) is 25.7. The molecule has 3 N–H and O–H groups in total. The van der Waals surface area contributed by atoms with E-state index in [2.05, 4.69) is 16.0 Å². The normalized spacial score (nSPS) is 11.9. The number of nitro groups is 1. The first-order valence-corrected chi connectivity index (χ1v) is 11.5. The summed E-state index contributed by atoms with van der Waals surface area (Å²) in [6.07, 6.45) is -1.11. The molecule has 0 bridgehead atoms. The van der Waals surface area contributed by atoms with Crippen LogP contribution in [0.2, 0.25) is 0 Å². The number of thiocarbonyl (C=S) groups is 1. The van der Waals surface area contributed by atoms with Gasteiger partial charge in [-0.25, -0.2) is 0 Å². The van der Waals surface area contributed by atoms with Gasteiger partial charge in [-0.3, -0.25) is 14.9 Å². The first-order valence-electron chi connectivity index (χ1n) is 9.94. The average molecular weight is 538 g/mol. The number of benzene rings is 3. The number of nitro benzene ring substituents is 1. The highest BCUT2D eigenvalue weighted by atomic mass is 35.6. The van der Waals surface area contributed by atoms with Gasteiger partial charge in [0, 0.05) is 17.8 Å². The largest absolute Gasteiger partial charge is 0.339 e. The molecule has 0 saturated carbocycles. The van der Waals surface area contributed by atoms with Gasteiger partial charge in [-0.05, 0) is 35.0 Å². The Kier molecular flexibility index (Phi) is 8.68. The number of carbonyl (C=O) groups excluding carboxylic acids is 1. The van der Waals surface area contributed by atoms with E-state index in [0.717, 1.165) is 16.7 Å². The highest BCUT2D eigenvalue weighted by Gasteiger charge is 2.34. The van der Waals surface area contributed by atoms with E-state index >= 15 is 0 Å². The molecule has 3 aromatic rings. The number of rotatable bonds is 7. The summed E-state index contributed by atoms with van der Waals surface area (Å²) in [6, 6.07) is 23.2. The van der Waals surface area contributed by atoms with E-state index in [9.17, 15) is 14.9 Å². The lowest BCUT2D eigenvalue weighted by Gasteiger charge is -2.27. The smallest absolute Gasteiger partial charge is 0.271 e. The summed E-state index contributed by atoms with van der Waals surface area (Å²) in [5.41, 5.74) is 3.13. The molecule has 0 saturated heterocycles. The molecular weight excluding hydrogens is 519 g/mol. The van der Waals surface area contributed by atoms with E-state index in [4.69, 9.17) is 47.0 Å². The predicted molar refractivity (Wildman–Crippen MR) is 140 cm³/mol. The van der Waals surface area contributed by atoms with Gasteiger partial charge in [-0.2, -0.15) is 0 Å². The monoisotopic (exact) mass is 536 g/mol. The molecule has 0 aliphatic rings. The molecule has 0 fully saturated rings. The fourth-order valence-corrected chi connectivity index (χ4v) is 3.60. The number of halogens is 3. The van der Waals surface area contributed by atoms with Crippen molar-refractivity contribution in [3.63, 3.8) is 0 Å². The third-order valence-corrected chi connectivity index (χ3v) is 5.52. The lowest BCUT2D eigenvalue weighted by molar-refractivity contribution is -0.384. The first-order chi connectivity index (χ1) is 16.1. The molecule has 1 unspecified atom stereocenters. The Morgan fingerprint density at radius 2 is 1.59 bits per heavy atom. The van der Waals surface area contributed by atoms with E-state index in [0.29, 0.717) is 5.69 Å². The van der Waals surface area contributed by atoms with Crippen molar-refractivity contribution in [3.05, 3.63) is 94.5 Å². The zero-order valence-corrected chi connectivity index (χ0v) is 20.6. The highest BCUT2D eigenvalue weighted by Crippen LogP contribution is 2.29. The second-order valence-electron chi connectivity index (χ2n) is 7.19. The summed E-state index contributed by atoms with van der Waals surface area (Å²) in [5.74, 6) is -0.394. The molecule has 1 amide bonds. The lowest BCUT2D eigenvalue weighted by Crippen LogP contribution is -2.56. The average Bonchev–Trinajstić information content (AvgIpc) is 2.79. The molecule has 0 aliphatic carbocycles. The Balaban J connectivity index is 1.61. The van der Waals surface area contributed by atoms with Gasteiger partial charge in [0.25, 0.3) is 5.69 Å². The third kappa shape index (κ3) is 7.56. The van der Waals surface area contributed by atoms with Crippen LogP contribution in [0.25, 0.3) is 11.1 Å². The maximum absolute atomic E-state index is 12.6. The van der Waals surface area contributed by atoms with Gasteiger partial charge >= 0.3 is 0 Å². The van der Waals surface area contributed by atoms with Crippen LogP contribution in [0.5, 0.6) is 0 Å². The lowest BCUT2D eigenvalue weighted by atomic mass is 10.0. The number of hydrogen-bond donors (Lipinski definition) is 3. The van der Waals surface area contributed by atoms with Crippen molar-refractivity contribution in [1.82, 2.24) is 10.6 Å². The minimum Gasteiger partial charge on any atom is -0.339 e. The molecule has 0 radical (unpaired) electrons. The van der Waals surface area contributed by atoms with Crippen molar-refractivity contribution >= 4 is 69.4 Å². The van der Waals surface area contributed by atoms with E-state index in [-0.39, 0.29) is 17.2 Å². The molecule has 11 heteroatoms. The number of carbonyl (C=O) groups is 1. The minimum atomic E-state index is -1.93. The predicted octanol–water partition coefficient (Wildman–Crippen LogP) is 5.60. The second-order valence-corrected chi connectivity index (χ2v) is 9.96. The molecule has 7 nitrogen and oxygen atoms in total. The quantitative estimate of drug-likeness (QED) is 0.119. The van der Waals surface area contributed by atoms with Crippen LogP contribution in [0.1, 0.15) is 5.56 Å². The van der Waals surface area contributed by atoms with E-state index in [1.807, 2.05) is 54.6 Å². The van der Waals surface area contributed by atoms with Crippen LogP contribution < -0.4 is 16.0 Å². The van der Waals surface area contributed by atoms with Gasteiger partial charge in [0.2, 0.25) is 9.70 Å². The molecule has 0 aromatic heterocycles. The van der Waals surface area contributed by atoms with E-state index in [1.54, 1.807) is 6.07 Å². The Morgan fingerprint density at radius 3 is 2.21 bits per heavy atom. The van der Waals surface area contributed by atoms with Crippen LogP contribution in [0, 0.1) is 10.1 Å². The van der Waals surface area contributed by atoms with Crippen molar-refractivity contribution in [2.24, 2.45) is 0 Å². The Labute approximate surface area is 216 Å². The van der Waals surface area contributed by atoms with Crippen LogP contribution in [-0.2, 0) is 11.2 Å². The molecule has 0 heterocycles. The maximum Gasteiger partial charge on any atom is 0.271 e. The van der Waals surface area contributed by atoms with Crippen molar-refractivity contribution in [2.75, 3.05) is 5.32 Å². The molecule has 34 heavy (non-hydrogen) atoms. The SMILES string of the molecule is O=C(Cc1ccc(-c2ccccc2)cc1)NC(NC(=S)Nc1cccc([N+](=O)[O-])c1)C(Cl)(Cl)Cl. The molecular formula is C23H19Cl3N4O3S. The molecule has 3 aromatic carbocycles. The van der Waals surface area contributed by atoms with Crippen molar-refractivity contribution in [1.29, 1.82) is 0 Å². The number of non-ortho nitro benzene ring substituents is 1. The molecule has 0 aliphatic heterocycles. The van der Waals surface area contributed by atoms with Gasteiger partial charge in [0.1, 0.15) is 6.17 Å². The Hall–Kier alpha value is -2.91. The van der Waals surface area contributed by atoms with Crippen molar-refractivity contribution in [2.45, 2.75) is 16.4 Å². The number of nitrogens with one attached hydrogen (secondary N) is 3. The number of amides is 1. The van der Waals surface area contributed by atoms with Crippen LogP contribution in [0.4, 0.5) is 11.4 Å². The fourth-order valence-electron chi connectivity index (χ4n) is 3.04. The van der Waals surface area contributed by atoms with Gasteiger partial charge in [-0.1, -0.05) is 95.5 Å². The minimum absolute atomic E-state index is 0.00402. The maximum atomic E-state index is 12.6. The summed E-state index contributed by atoms with van der Waals surface area (Å²) in [5, 5.41) is 19.1. The van der Waals surface area contributed by atoms with Crippen LogP contribution >= 0.6 is 47.0 Å². The summed E-state index contributed by atoms with van der Waals surface area (Å²) >= 11 is 23.3. The molecule has 0 spiro atoms. The van der Waals surface area contributed by atoms with Crippen LogP contribution in [0.3, 0.4) is 0 Å². The summed E-state index contributed by atoms with van der Waals surface area (Å²) in [7, 11) is 0. The van der Waals surface area contributed by atoms with Gasteiger partial charge in [0.05, 0.1) is 11.3 Å². The summed E-state index contributed by atoms with van der Waals surface area (Å²) in [4.78, 5) is 23.0. The number of anilines is 1. The zero-order chi connectivity index (χ0) is 24.7. The molecule has 1 atom stereocenters. The van der Waals surface area contributed by atoms with Gasteiger partial charge in [0.15, 0.2) is 5.11 Å². The van der Waals surface area contributed by atoms with E-state index < -0.39 is 20.8 Å². The van der Waals surface area contributed by atoms with Crippen molar-refractivity contribution < 1.29 is 9.72 Å². The number of alkyl halides is 3. The van der Waals surface area contributed by atoms with Crippen LogP contribution in [-0.4, -0.2) is 25.9 Å². The zero-order valence-electron chi connectivity index (χ0n) is 17.5. The van der Waals surface area contributed by atoms with Gasteiger partial charge < -0.3 is 16.0 Å². The Morgan fingerprint density at radius 1 is 0.941 bits per heavy atom. The number of hydrogen-bond acceptors (Lipinski definition) is 4. The topological polar surface area (TPSA) is 96.3 Å². The third-order valence-electron chi connectivity index (χ3n) is 4.65. The molecule has 176 valence electrons. The highest BCUT2D eigenvalue weighted by molar-refractivity contribution is 7.80. The van der Waals surface area contributed by atoms with E-state index in [1.165, 1.54) is 18.2 Å². The Bertz CT molecular complexity index is 1170. The van der Waals surface area contributed by atoms with Crippen molar-refractivity contribution in [3.8, 4) is 11.1 Å². The molecule has 3 rings (SSSR count). The standard InChI is InChI=1S/C23H19Cl3N4O3S/c24-23(25,26)21(29-22(34)27-18-7-4-8-19(14-18)30(32)33)28-20(31)13-15-9-11-17(12-10-15)16-5-2-1-3-6-16/h1-12,14,21H,13H2,(H,28,31)(H2,27,29,34). The summed E-state index contributed by atoms with van der Waals surface area (Å²) < 4.78 is -1.93. The second kappa shape index (κ2) is 11.5. The fraction of sp³-hybridized carbons (Fsp3) is 0.130.